The van der Waals surface area contributed by atoms with E-state index in [-0.39, 0.29) is 6.79 Å². The van der Waals surface area contributed by atoms with Crippen molar-refractivity contribution in [3.8, 4) is 22.1 Å². The SMILES string of the molecule is CCN(Cc1csc(-c2ccc3c(c2)OCO3)n1)CC(C)(C)O. The van der Waals surface area contributed by atoms with Crippen LogP contribution in [0.3, 0.4) is 0 Å². The molecule has 23 heavy (non-hydrogen) atoms. The number of aliphatic hydroxyl groups is 1. The molecule has 2 heterocycles. The Morgan fingerprint density at radius 2 is 2.09 bits per heavy atom. The molecule has 1 aliphatic rings. The summed E-state index contributed by atoms with van der Waals surface area (Å²) in [6, 6.07) is 5.90. The summed E-state index contributed by atoms with van der Waals surface area (Å²) in [5, 5.41) is 13.0. The second-order valence-corrected chi connectivity index (χ2v) is 7.19. The summed E-state index contributed by atoms with van der Waals surface area (Å²) in [7, 11) is 0. The van der Waals surface area contributed by atoms with E-state index in [4.69, 9.17) is 14.5 Å². The van der Waals surface area contributed by atoms with Crippen LogP contribution in [0.25, 0.3) is 10.6 Å². The lowest BCUT2D eigenvalue weighted by Crippen LogP contribution is -2.38. The summed E-state index contributed by atoms with van der Waals surface area (Å²) >= 11 is 1.62. The largest absolute Gasteiger partial charge is 0.454 e. The molecule has 0 aliphatic carbocycles. The zero-order valence-electron chi connectivity index (χ0n) is 13.7. The Morgan fingerprint density at radius 1 is 1.30 bits per heavy atom. The molecule has 0 atom stereocenters. The molecule has 1 aromatic heterocycles. The molecule has 3 rings (SSSR count). The summed E-state index contributed by atoms with van der Waals surface area (Å²) in [6.45, 7) is 8.27. The molecule has 1 aromatic carbocycles. The van der Waals surface area contributed by atoms with E-state index in [1.165, 1.54) is 0 Å². The maximum absolute atomic E-state index is 9.98. The highest BCUT2D eigenvalue weighted by atomic mass is 32.1. The summed E-state index contributed by atoms with van der Waals surface area (Å²) in [4.78, 5) is 6.92. The molecule has 0 spiro atoms. The van der Waals surface area contributed by atoms with E-state index < -0.39 is 5.60 Å². The average molecular weight is 334 g/mol. The molecule has 1 N–H and O–H groups in total. The quantitative estimate of drug-likeness (QED) is 0.879. The highest BCUT2D eigenvalue weighted by Crippen LogP contribution is 2.36. The van der Waals surface area contributed by atoms with E-state index in [0.29, 0.717) is 6.54 Å². The normalized spacial score (nSPS) is 13.8. The van der Waals surface area contributed by atoms with Crippen LogP contribution in [0.2, 0.25) is 0 Å². The van der Waals surface area contributed by atoms with E-state index in [9.17, 15) is 5.11 Å². The van der Waals surface area contributed by atoms with Crippen molar-refractivity contribution in [2.24, 2.45) is 0 Å². The highest BCUT2D eigenvalue weighted by Gasteiger charge is 2.19. The van der Waals surface area contributed by atoms with Crippen molar-refractivity contribution in [2.75, 3.05) is 19.9 Å². The molecular formula is C17H22N2O3S. The predicted octanol–water partition coefficient (Wildman–Crippen LogP) is 3.13. The monoisotopic (exact) mass is 334 g/mol. The van der Waals surface area contributed by atoms with Gasteiger partial charge in [-0.15, -0.1) is 11.3 Å². The van der Waals surface area contributed by atoms with Crippen molar-refractivity contribution in [1.29, 1.82) is 0 Å². The molecule has 0 saturated heterocycles. The summed E-state index contributed by atoms with van der Waals surface area (Å²) < 4.78 is 10.8. The van der Waals surface area contributed by atoms with E-state index in [0.717, 1.165) is 40.9 Å². The fourth-order valence-corrected chi connectivity index (χ4v) is 3.41. The van der Waals surface area contributed by atoms with Crippen molar-refractivity contribution in [3.63, 3.8) is 0 Å². The van der Waals surface area contributed by atoms with Gasteiger partial charge in [-0.1, -0.05) is 6.92 Å². The van der Waals surface area contributed by atoms with Gasteiger partial charge in [-0.25, -0.2) is 4.98 Å². The lowest BCUT2D eigenvalue weighted by molar-refractivity contribution is 0.0350. The van der Waals surface area contributed by atoms with Crippen molar-refractivity contribution in [3.05, 3.63) is 29.3 Å². The number of benzene rings is 1. The first-order valence-corrected chi connectivity index (χ1v) is 8.62. The van der Waals surface area contributed by atoms with Crippen LogP contribution in [0, 0.1) is 0 Å². The van der Waals surface area contributed by atoms with Crippen LogP contribution >= 0.6 is 11.3 Å². The molecule has 0 unspecified atom stereocenters. The molecule has 0 radical (unpaired) electrons. The predicted molar refractivity (Wildman–Crippen MR) is 90.9 cm³/mol. The Bertz CT molecular complexity index is 679. The van der Waals surface area contributed by atoms with Gasteiger partial charge in [0.1, 0.15) is 5.01 Å². The van der Waals surface area contributed by atoms with Gasteiger partial charge in [-0.2, -0.15) is 0 Å². The highest BCUT2D eigenvalue weighted by molar-refractivity contribution is 7.13. The molecule has 0 fully saturated rings. The maximum Gasteiger partial charge on any atom is 0.231 e. The first kappa shape index (κ1) is 16.2. The summed E-state index contributed by atoms with van der Waals surface area (Å²) in [5.41, 5.74) is 1.36. The van der Waals surface area contributed by atoms with E-state index in [1.54, 1.807) is 11.3 Å². The second kappa shape index (κ2) is 6.47. The number of likely N-dealkylation sites (N-methyl/N-ethyl adjacent to an activating group) is 1. The standard InChI is InChI=1S/C17H22N2O3S/c1-4-19(10-17(2,3)20)8-13-9-23-16(18-13)12-5-6-14-15(7-12)22-11-21-14/h5-7,9,20H,4,8,10-11H2,1-3H3. The van der Waals surface area contributed by atoms with Crippen LogP contribution in [-0.2, 0) is 6.54 Å². The number of thiazole rings is 1. The van der Waals surface area contributed by atoms with Gasteiger partial charge in [0.15, 0.2) is 11.5 Å². The van der Waals surface area contributed by atoms with Gasteiger partial charge in [0.25, 0.3) is 0 Å². The number of hydrogen-bond acceptors (Lipinski definition) is 6. The fourth-order valence-electron chi connectivity index (χ4n) is 2.60. The Labute approximate surface area is 140 Å². The van der Waals surface area contributed by atoms with Gasteiger partial charge in [-0.3, -0.25) is 4.90 Å². The molecule has 1 aliphatic heterocycles. The van der Waals surface area contributed by atoms with E-state index in [1.807, 2.05) is 32.0 Å². The molecule has 5 nitrogen and oxygen atoms in total. The summed E-state index contributed by atoms with van der Waals surface area (Å²) in [5.74, 6) is 1.56. The van der Waals surface area contributed by atoms with Crippen LogP contribution in [0.15, 0.2) is 23.6 Å². The summed E-state index contributed by atoms with van der Waals surface area (Å²) in [6.07, 6.45) is 0. The Hall–Kier alpha value is -1.63. The average Bonchev–Trinajstić information content (AvgIpc) is 3.12. The number of fused-ring (bicyclic) bond motifs is 1. The number of rotatable bonds is 6. The zero-order chi connectivity index (χ0) is 16.4. The Morgan fingerprint density at radius 3 is 2.83 bits per heavy atom. The lowest BCUT2D eigenvalue weighted by atomic mass is 10.1. The van der Waals surface area contributed by atoms with Crippen LogP contribution in [0.1, 0.15) is 26.5 Å². The van der Waals surface area contributed by atoms with Crippen molar-refractivity contribution >= 4 is 11.3 Å². The van der Waals surface area contributed by atoms with Gasteiger partial charge in [0.05, 0.1) is 11.3 Å². The first-order valence-electron chi connectivity index (χ1n) is 7.74. The Kier molecular flexibility index (Phi) is 4.57. The van der Waals surface area contributed by atoms with Crippen LogP contribution < -0.4 is 9.47 Å². The fraction of sp³-hybridized carbons (Fsp3) is 0.471. The third-order valence-electron chi connectivity index (χ3n) is 3.61. The second-order valence-electron chi connectivity index (χ2n) is 6.33. The maximum atomic E-state index is 9.98. The first-order chi connectivity index (χ1) is 10.9. The minimum absolute atomic E-state index is 0.282. The number of aromatic nitrogens is 1. The topological polar surface area (TPSA) is 54.8 Å². The van der Waals surface area contributed by atoms with Gasteiger partial charge in [0.2, 0.25) is 6.79 Å². The van der Waals surface area contributed by atoms with Crippen LogP contribution in [0.4, 0.5) is 0 Å². The number of hydrogen-bond donors (Lipinski definition) is 1. The van der Waals surface area contributed by atoms with E-state index >= 15 is 0 Å². The van der Waals surface area contributed by atoms with Crippen molar-refractivity contribution in [1.82, 2.24) is 9.88 Å². The third-order valence-corrected chi connectivity index (χ3v) is 4.55. The van der Waals surface area contributed by atoms with Crippen molar-refractivity contribution in [2.45, 2.75) is 32.9 Å². The number of ether oxygens (including phenoxy) is 2. The molecular weight excluding hydrogens is 312 g/mol. The molecule has 0 bridgehead atoms. The molecule has 124 valence electrons. The zero-order valence-corrected chi connectivity index (χ0v) is 14.5. The van der Waals surface area contributed by atoms with Crippen LogP contribution in [0.5, 0.6) is 11.5 Å². The van der Waals surface area contributed by atoms with Gasteiger partial charge in [-0.05, 0) is 38.6 Å². The minimum Gasteiger partial charge on any atom is -0.454 e. The van der Waals surface area contributed by atoms with Crippen molar-refractivity contribution < 1.29 is 14.6 Å². The van der Waals surface area contributed by atoms with E-state index in [2.05, 4.69) is 17.2 Å². The molecule has 0 amide bonds. The lowest BCUT2D eigenvalue weighted by Gasteiger charge is -2.27. The molecule has 0 saturated carbocycles. The Balaban J connectivity index is 1.72. The smallest absolute Gasteiger partial charge is 0.231 e. The minimum atomic E-state index is -0.702. The third kappa shape index (κ3) is 4.02. The van der Waals surface area contributed by atoms with Gasteiger partial charge < -0.3 is 14.6 Å². The van der Waals surface area contributed by atoms with Gasteiger partial charge in [0, 0.05) is 24.0 Å². The molecule has 2 aromatic rings. The van der Waals surface area contributed by atoms with Crippen LogP contribution in [-0.4, -0.2) is 40.5 Å². The number of nitrogens with zero attached hydrogens (tertiary/aromatic N) is 2. The van der Waals surface area contributed by atoms with Gasteiger partial charge >= 0.3 is 0 Å². The molecule has 6 heteroatoms.